The van der Waals surface area contributed by atoms with E-state index in [2.05, 4.69) is 39.5 Å². The molecule has 0 aliphatic carbocycles. The second-order valence-corrected chi connectivity index (χ2v) is 16.5. The van der Waals surface area contributed by atoms with Crippen molar-refractivity contribution in [1.82, 2.24) is 4.90 Å². The summed E-state index contributed by atoms with van der Waals surface area (Å²) in [6.07, 6.45) is 27.4. The maximum Gasteiger partial charge on any atom is 0.308 e. The molecule has 8 heteroatoms. The molecule has 0 aromatic heterocycles. The average Bonchev–Trinajstić information content (AvgIpc) is 3.16. The fourth-order valence-electron chi connectivity index (χ4n) is 7.41. The average molecular weight is 768 g/mol. The van der Waals surface area contributed by atoms with E-state index in [4.69, 9.17) is 23.7 Å². The summed E-state index contributed by atoms with van der Waals surface area (Å²) < 4.78 is 29.5. The Morgan fingerprint density at radius 2 is 0.833 bits per heavy atom. The predicted molar refractivity (Wildman–Crippen MR) is 224 cm³/mol. The van der Waals surface area contributed by atoms with Crippen LogP contribution in [0.15, 0.2) is 0 Å². The van der Waals surface area contributed by atoms with E-state index in [0.29, 0.717) is 33.0 Å². The lowest BCUT2D eigenvalue weighted by atomic mass is 9.94. The Hall–Kier alpha value is -1.22. The van der Waals surface area contributed by atoms with Gasteiger partial charge in [0, 0.05) is 19.6 Å². The standard InChI is InChI=1S/C46H89NO7/c1-6-10-14-18-20-24-28-43(26-22-16-12-8-3)45(48)53-39-42(38-52-35-34-51-33-32-50-31-30-47-36-41(5)37-47)40-54-46(49)44(27-23-17-13-9-4)29-25-21-19-15-11-7-2/h41-44H,6-40H2,1-5H3. The smallest absolute Gasteiger partial charge is 0.308 e. The van der Waals surface area contributed by atoms with Gasteiger partial charge in [-0.15, -0.1) is 0 Å². The number of rotatable bonds is 41. The quantitative estimate of drug-likeness (QED) is 0.0449. The maximum atomic E-state index is 13.5. The van der Waals surface area contributed by atoms with Crippen molar-refractivity contribution in [3.05, 3.63) is 0 Å². The minimum atomic E-state index is -0.213. The Morgan fingerprint density at radius 3 is 1.24 bits per heavy atom. The zero-order chi connectivity index (χ0) is 39.3. The third-order valence-electron chi connectivity index (χ3n) is 11.0. The second kappa shape index (κ2) is 37.4. The van der Waals surface area contributed by atoms with Crippen molar-refractivity contribution in [3.63, 3.8) is 0 Å². The van der Waals surface area contributed by atoms with E-state index in [1.54, 1.807) is 0 Å². The van der Waals surface area contributed by atoms with Crippen LogP contribution in [-0.2, 0) is 33.3 Å². The molecule has 0 bridgehead atoms. The third-order valence-corrected chi connectivity index (χ3v) is 11.0. The SMILES string of the molecule is CCCCCCCCC(CCCCCC)C(=O)OCC(COCCOCCOCCN1CC(C)C1)COC(=O)C(CCCCCC)CCCCCCCC. The van der Waals surface area contributed by atoms with E-state index in [1.165, 1.54) is 103 Å². The van der Waals surface area contributed by atoms with Crippen molar-refractivity contribution >= 4 is 11.9 Å². The third kappa shape index (κ3) is 29.1. The maximum absolute atomic E-state index is 13.5. The molecule has 0 aromatic carbocycles. The first-order valence-electron chi connectivity index (χ1n) is 23.2. The molecule has 1 fully saturated rings. The molecule has 0 aromatic rings. The Labute approximate surface area is 334 Å². The van der Waals surface area contributed by atoms with E-state index < -0.39 is 0 Å². The highest BCUT2D eigenvalue weighted by Crippen LogP contribution is 2.23. The molecular formula is C46H89NO7. The first-order chi connectivity index (χ1) is 26.4. The molecule has 54 heavy (non-hydrogen) atoms. The molecule has 320 valence electrons. The highest BCUT2D eigenvalue weighted by atomic mass is 16.6. The van der Waals surface area contributed by atoms with E-state index in [0.717, 1.165) is 83.3 Å². The molecule has 0 saturated carbocycles. The van der Waals surface area contributed by atoms with Gasteiger partial charge in [0.2, 0.25) is 0 Å². The topological polar surface area (TPSA) is 83.5 Å². The Kier molecular flexibility index (Phi) is 35.1. The van der Waals surface area contributed by atoms with Gasteiger partial charge in [-0.3, -0.25) is 9.59 Å². The van der Waals surface area contributed by atoms with Gasteiger partial charge in [0.15, 0.2) is 0 Å². The van der Waals surface area contributed by atoms with Crippen LogP contribution in [0.2, 0.25) is 0 Å². The summed E-state index contributed by atoms with van der Waals surface area (Å²) in [4.78, 5) is 29.4. The molecule has 1 aliphatic heterocycles. The van der Waals surface area contributed by atoms with Crippen molar-refractivity contribution < 1.29 is 33.3 Å². The molecule has 1 aliphatic rings. The molecule has 0 N–H and O–H groups in total. The summed E-state index contributed by atoms with van der Waals surface area (Å²) in [7, 11) is 0. The summed E-state index contributed by atoms with van der Waals surface area (Å²) in [5.41, 5.74) is 0. The number of unbranched alkanes of at least 4 members (excludes halogenated alkanes) is 16. The Balaban J connectivity index is 2.69. The second-order valence-electron chi connectivity index (χ2n) is 16.5. The summed E-state index contributed by atoms with van der Waals surface area (Å²) in [6, 6.07) is 0. The number of carbonyl (C=O) groups excluding carboxylic acids is 2. The van der Waals surface area contributed by atoms with Gasteiger partial charge < -0.3 is 28.6 Å². The largest absolute Gasteiger partial charge is 0.465 e. The van der Waals surface area contributed by atoms with Crippen LogP contribution in [0.4, 0.5) is 0 Å². The van der Waals surface area contributed by atoms with E-state index in [1.807, 2.05) is 0 Å². The van der Waals surface area contributed by atoms with Crippen molar-refractivity contribution in [3.8, 4) is 0 Å². The highest BCUT2D eigenvalue weighted by molar-refractivity contribution is 5.73. The number of hydrogen-bond donors (Lipinski definition) is 0. The van der Waals surface area contributed by atoms with Crippen LogP contribution >= 0.6 is 0 Å². The van der Waals surface area contributed by atoms with Gasteiger partial charge >= 0.3 is 11.9 Å². The first kappa shape index (κ1) is 50.8. The fourth-order valence-corrected chi connectivity index (χ4v) is 7.41. The number of esters is 2. The lowest BCUT2D eigenvalue weighted by Crippen LogP contribution is -2.46. The van der Waals surface area contributed by atoms with Gasteiger partial charge in [0.25, 0.3) is 0 Å². The zero-order valence-corrected chi connectivity index (χ0v) is 36.4. The van der Waals surface area contributed by atoms with Gasteiger partial charge in [-0.25, -0.2) is 0 Å². The number of likely N-dealkylation sites (tertiary alicyclic amines) is 1. The van der Waals surface area contributed by atoms with E-state index >= 15 is 0 Å². The molecule has 8 nitrogen and oxygen atoms in total. The predicted octanol–water partition coefficient (Wildman–Crippen LogP) is 11.4. The van der Waals surface area contributed by atoms with Gasteiger partial charge in [-0.2, -0.15) is 0 Å². The molecule has 2 unspecified atom stereocenters. The van der Waals surface area contributed by atoms with Gasteiger partial charge in [-0.05, 0) is 31.6 Å². The minimum absolute atomic E-state index is 0.0629. The van der Waals surface area contributed by atoms with E-state index in [9.17, 15) is 9.59 Å². The molecule has 0 amide bonds. The van der Waals surface area contributed by atoms with E-state index in [-0.39, 0.29) is 42.9 Å². The summed E-state index contributed by atoms with van der Waals surface area (Å²) in [5, 5.41) is 0. The Bertz CT molecular complexity index is 788. The number of hydrogen-bond acceptors (Lipinski definition) is 8. The van der Waals surface area contributed by atoms with Crippen LogP contribution < -0.4 is 0 Å². The zero-order valence-electron chi connectivity index (χ0n) is 36.4. The van der Waals surface area contributed by atoms with Crippen molar-refractivity contribution in [2.75, 3.05) is 72.5 Å². The summed E-state index contributed by atoms with van der Waals surface area (Å²) in [6.45, 7) is 18.1. The summed E-state index contributed by atoms with van der Waals surface area (Å²) in [5.74, 6) is 0.279. The lowest BCUT2D eigenvalue weighted by molar-refractivity contribution is -0.156. The highest BCUT2D eigenvalue weighted by Gasteiger charge is 2.25. The van der Waals surface area contributed by atoms with Crippen LogP contribution in [0.25, 0.3) is 0 Å². The van der Waals surface area contributed by atoms with Crippen LogP contribution in [0.5, 0.6) is 0 Å². The first-order valence-corrected chi connectivity index (χ1v) is 23.2. The summed E-state index contributed by atoms with van der Waals surface area (Å²) >= 11 is 0. The van der Waals surface area contributed by atoms with Crippen LogP contribution in [0.3, 0.4) is 0 Å². The molecule has 0 spiro atoms. The molecule has 1 saturated heterocycles. The van der Waals surface area contributed by atoms with Crippen molar-refractivity contribution in [2.45, 2.75) is 189 Å². The molecule has 2 atom stereocenters. The fraction of sp³-hybridized carbons (Fsp3) is 0.957. The van der Waals surface area contributed by atoms with Crippen LogP contribution in [-0.4, -0.2) is 89.3 Å². The Morgan fingerprint density at radius 1 is 0.481 bits per heavy atom. The number of ether oxygens (including phenoxy) is 5. The number of carbonyl (C=O) groups is 2. The van der Waals surface area contributed by atoms with Gasteiger partial charge in [-0.1, -0.05) is 163 Å². The van der Waals surface area contributed by atoms with Crippen LogP contribution in [0.1, 0.15) is 189 Å². The van der Waals surface area contributed by atoms with Crippen molar-refractivity contribution in [2.24, 2.45) is 23.7 Å². The molecule has 1 rings (SSSR count). The van der Waals surface area contributed by atoms with Crippen molar-refractivity contribution in [1.29, 1.82) is 0 Å². The number of nitrogens with zero attached hydrogens (tertiary/aromatic N) is 1. The lowest BCUT2D eigenvalue weighted by Gasteiger charge is -2.36. The van der Waals surface area contributed by atoms with Gasteiger partial charge in [0.1, 0.15) is 0 Å². The minimum Gasteiger partial charge on any atom is -0.465 e. The van der Waals surface area contributed by atoms with Crippen LogP contribution in [0, 0.1) is 23.7 Å². The monoisotopic (exact) mass is 768 g/mol. The van der Waals surface area contributed by atoms with Gasteiger partial charge in [0.05, 0.1) is 70.6 Å². The molecular weight excluding hydrogens is 679 g/mol. The normalized spacial score (nSPS) is 15.2. The molecule has 1 heterocycles. The molecule has 0 radical (unpaired) electrons.